The van der Waals surface area contributed by atoms with Crippen molar-refractivity contribution in [2.24, 2.45) is 0 Å². The molecule has 2 aromatic rings. The quantitative estimate of drug-likeness (QED) is 0.817. The lowest BCUT2D eigenvalue weighted by Crippen LogP contribution is -2.11. The number of aryl methyl sites for hydroxylation is 1. The Labute approximate surface area is 126 Å². The van der Waals surface area contributed by atoms with Crippen LogP contribution in [0.25, 0.3) is 0 Å². The normalized spacial score (nSPS) is 10.5. The molecule has 2 aromatic carbocycles. The fourth-order valence-electron chi connectivity index (χ4n) is 1.91. The van der Waals surface area contributed by atoms with Crippen LogP contribution in [0.1, 0.15) is 31.9 Å². The van der Waals surface area contributed by atoms with E-state index in [1.54, 1.807) is 30.3 Å². The van der Waals surface area contributed by atoms with Crippen LogP contribution in [0.2, 0.25) is 0 Å². The number of rotatable bonds is 1. The molecule has 0 aliphatic heterocycles. The summed E-state index contributed by atoms with van der Waals surface area (Å²) in [5.74, 6) is 1.10. The van der Waals surface area contributed by atoms with Gasteiger partial charge in [0.15, 0.2) is 11.5 Å². The summed E-state index contributed by atoms with van der Waals surface area (Å²) >= 11 is 0. The van der Waals surface area contributed by atoms with Gasteiger partial charge in [-0.3, -0.25) is 0 Å². The summed E-state index contributed by atoms with van der Waals surface area (Å²) in [6.45, 7) is 8.26. The highest BCUT2D eigenvalue weighted by Gasteiger charge is 2.17. The summed E-state index contributed by atoms with van der Waals surface area (Å²) in [6, 6.07) is 12.7. The van der Waals surface area contributed by atoms with E-state index >= 15 is 0 Å². The van der Waals surface area contributed by atoms with Crippen molar-refractivity contribution in [2.45, 2.75) is 33.1 Å². The average Bonchev–Trinajstić information content (AvgIpc) is 2.38. The van der Waals surface area contributed by atoms with Crippen molar-refractivity contribution in [2.75, 3.05) is 7.11 Å². The number of aromatic hydroxyl groups is 2. The van der Waals surface area contributed by atoms with Crippen LogP contribution in [0.3, 0.4) is 0 Å². The lowest BCUT2D eigenvalue weighted by atomic mass is 9.86. The zero-order valence-corrected chi connectivity index (χ0v) is 13.3. The second-order valence-corrected chi connectivity index (χ2v) is 5.94. The fourth-order valence-corrected chi connectivity index (χ4v) is 1.91. The van der Waals surface area contributed by atoms with Crippen LogP contribution in [0.5, 0.6) is 17.2 Å². The van der Waals surface area contributed by atoms with Crippen LogP contribution < -0.4 is 4.74 Å². The standard InChI is InChI=1S/C11H16O.C7H8O2/c1-8-5-6-9(10(12)7-8)11(2,3)4;1-9-7-5-3-2-4-6(7)8/h5-7,12H,1-4H3;2-5,8H,1H3. The summed E-state index contributed by atoms with van der Waals surface area (Å²) in [4.78, 5) is 0. The molecule has 0 spiro atoms. The molecule has 0 atom stereocenters. The van der Waals surface area contributed by atoms with Gasteiger partial charge >= 0.3 is 0 Å². The predicted molar refractivity (Wildman–Crippen MR) is 86.2 cm³/mol. The Balaban J connectivity index is 0.000000219. The molecule has 0 bridgehead atoms. The molecule has 3 heteroatoms. The predicted octanol–water partition coefficient (Wildman–Crippen LogP) is 4.40. The topological polar surface area (TPSA) is 49.7 Å². The molecule has 0 amide bonds. The molecule has 0 radical (unpaired) electrons. The molecule has 2 N–H and O–H groups in total. The Morgan fingerprint density at radius 2 is 1.52 bits per heavy atom. The first kappa shape index (κ1) is 16.9. The Bertz CT molecular complexity index is 583. The van der Waals surface area contributed by atoms with Gasteiger partial charge in [-0.25, -0.2) is 0 Å². The second-order valence-electron chi connectivity index (χ2n) is 5.94. The molecular formula is C18H24O3. The van der Waals surface area contributed by atoms with Gasteiger partial charge in [0, 0.05) is 0 Å². The van der Waals surface area contributed by atoms with Gasteiger partial charge in [-0.15, -0.1) is 0 Å². The van der Waals surface area contributed by atoms with E-state index in [-0.39, 0.29) is 11.2 Å². The molecule has 114 valence electrons. The first-order valence-electron chi connectivity index (χ1n) is 6.87. The van der Waals surface area contributed by atoms with E-state index in [2.05, 4.69) is 20.8 Å². The third-order valence-electron chi connectivity index (χ3n) is 3.05. The number of benzene rings is 2. The third kappa shape index (κ3) is 5.03. The summed E-state index contributed by atoms with van der Waals surface area (Å²) in [6.07, 6.45) is 0. The number of phenols is 2. The minimum atomic E-state index is 0.0256. The van der Waals surface area contributed by atoms with Gasteiger partial charge in [0.25, 0.3) is 0 Å². The second kappa shape index (κ2) is 7.02. The van der Waals surface area contributed by atoms with Crippen LogP contribution in [0.15, 0.2) is 42.5 Å². The lowest BCUT2D eigenvalue weighted by molar-refractivity contribution is 0.373. The molecule has 0 fully saturated rings. The molecule has 2 rings (SSSR count). The van der Waals surface area contributed by atoms with Crippen LogP contribution in [-0.4, -0.2) is 17.3 Å². The van der Waals surface area contributed by atoms with Crippen LogP contribution in [0, 0.1) is 6.92 Å². The Morgan fingerprint density at radius 1 is 0.905 bits per heavy atom. The number of hydrogen-bond acceptors (Lipinski definition) is 3. The maximum Gasteiger partial charge on any atom is 0.160 e. The van der Waals surface area contributed by atoms with E-state index in [1.807, 2.05) is 19.1 Å². The summed E-state index contributed by atoms with van der Waals surface area (Å²) in [5, 5.41) is 18.6. The van der Waals surface area contributed by atoms with Crippen molar-refractivity contribution in [3.63, 3.8) is 0 Å². The molecule has 0 heterocycles. The zero-order chi connectivity index (χ0) is 16.0. The first-order valence-corrected chi connectivity index (χ1v) is 6.87. The van der Waals surface area contributed by atoms with Gasteiger partial charge in [-0.2, -0.15) is 0 Å². The van der Waals surface area contributed by atoms with E-state index in [0.717, 1.165) is 11.1 Å². The minimum absolute atomic E-state index is 0.0256. The fraction of sp³-hybridized carbons (Fsp3) is 0.333. The SMILES string of the molecule is COc1ccccc1O.Cc1ccc(C(C)(C)C)c(O)c1. The Kier molecular flexibility index (Phi) is 5.65. The highest BCUT2D eigenvalue weighted by atomic mass is 16.5. The lowest BCUT2D eigenvalue weighted by Gasteiger charge is -2.20. The van der Waals surface area contributed by atoms with E-state index in [4.69, 9.17) is 9.84 Å². The van der Waals surface area contributed by atoms with E-state index in [0.29, 0.717) is 11.5 Å². The molecule has 0 aromatic heterocycles. The van der Waals surface area contributed by atoms with Crippen LogP contribution in [-0.2, 0) is 5.41 Å². The van der Waals surface area contributed by atoms with Crippen molar-refractivity contribution in [1.82, 2.24) is 0 Å². The van der Waals surface area contributed by atoms with E-state index < -0.39 is 0 Å². The van der Waals surface area contributed by atoms with Crippen LogP contribution >= 0.6 is 0 Å². The molecule has 0 saturated heterocycles. The number of para-hydroxylation sites is 2. The maximum atomic E-state index is 9.63. The van der Waals surface area contributed by atoms with Gasteiger partial charge < -0.3 is 14.9 Å². The number of ether oxygens (including phenoxy) is 1. The molecule has 3 nitrogen and oxygen atoms in total. The largest absolute Gasteiger partial charge is 0.508 e. The van der Waals surface area contributed by atoms with E-state index in [1.165, 1.54) is 7.11 Å². The van der Waals surface area contributed by atoms with Gasteiger partial charge in [0.05, 0.1) is 7.11 Å². The number of methoxy groups -OCH3 is 1. The third-order valence-corrected chi connectivity index (χ3v) is 3.05. The zero-order valence-electron chi connectivity index (χ0n) is 13.3. The number of phenolic OH excluding ortho intramolecular Hbond substituents is 2. The smallest absolute Gasteiger partial charge is 0.160 e. The van der Waals surface area contributed by atoms with Gasteiger partial charge in [0.1, 0.15) is 5.75 Å². The van der Waals surface area contributed by atoms with Gasteiger partial charge in [-0.05, 0) is 41.7 Å². The van der Waals surface area contributed by atoms with Crippen molar-refractivity contribution in [3.8, 4) is 17.2 Å². The molecule has 0 aliphatic carbocycles. The molecule has 0 saturated carbocycles. The van der Waals surface area contributed by atoms with Crippen molar-refractivity contribution in [1.29, 1.82) is 0 Å². The molecule has 21 heavy (non-hydrogen) atoms. The van der Waals surface area contributed by atoms with E-state index in [9.17, 15) is 5.11 Å². The van der Waals surface area contributed by atoms with Gasteiger partial charge in [-0.1, -0.05) is 45.0 Å². The summed E-state index contributed by atoms with van der Waals surface area (Å²) in [5.41, 5.74) is 2.13. The monoisotopic (exact) mass is 288 g/mol. The highest BCUT2D eigenvalue weighted by Crippen LogP contribution is 2.30. The average molecular weight is 288 g/mol. The summed E-state index contributed by atoms with van der Waals surface area (Å²) < 4.78 is 4.79. The maximum absolute atomic E-state index is 9.63. The summed E-state index contributed by atoms with van der Waals surface area (Å²) in [7, 11) is 1.52. The van der Waals surface area contributed by atoms with Crippen molar-refractivity contribution >= 4 is 0 Å². The Morgan fingerprint density at radius 3 is 1.95 bits per heavy atom. The van der Waals surface area contributed by atoms with Crippen molar-refractivity contribution in [3.05, 3.63) is 53.6 Å². The van der Waals surface area contributed by atoms with Crippen molar-refractivity contribution < 1.29 is 14.9 Å². The number of hydrogen-bond donors (Lipinski definition) is 2. The molecule has 0 aliphatic rings. The Hall–Kier alpha value is -2.16. The molecule has 0 unspecified atom stereocenters. The highest BCUT2D eigenvalue weighted by molar-refractivity contribution is 5.40. The van der Waals surface area contributed by atoms with Crippen LogP contribution in [0.4, 0.5) is 0 Å². The first-order chi connectivity index (χ1) is 9.75. The molecular weight excluding hydrogens is 264 g/mol. The minimum Gasteiger partial charge on any atom is -0.508 e. The van der Waals surface area contributed by atoms with Gasteiger partial charge in [0.2, 0.25) is 0 Å².